The average Bonchev–Trinajstić information content (AvgIpc) is 3.35. The minimum absolute atomic E-state index is 0.103. The number of hydrogen-bond acceptors (Lipinski definition) is 8. The molecule has 0 saturated carbocycles. The fourth-order valence-electron chi connectivity index (χ4n) is 2.26. The van der Waals surface area contributed by atoms with Crippen molar-refractivity contribution in [3.05, 3.63) is 33.3 Å². The van der Waals surface area contributed by atoms with E-state index in [1.165, 1.54) is 27.5 Å². The predicted molar refractivity (Wildman–Crippen MR) is 104 cm³/mol. The molecule has 3 rings (SSSR count). The monoisotopic (exact) mass is 405 g/mol. The van der Waals surface area contributed by atoms with Crippen LogP contribution in [0.2, 0.25) is 0 Å². The molecule has 142 valence electrons. The van der Waals surface area contributed by atoms with Crippen molar-refractivity contribution in [2.24, 2.45) is 0 Å². The van der Waals surface area contributed by atoms with Gasteiger partial charge in [0.05, 0.1) is 12.2 Å². The Morgan fingerprint density at radius 2 is 2.19 bits per heavy atom. The van der Waals surface area contributed by atoms with Gasteiger partial charge in [-0.2, -0.15) is 16.1 Å². The number of ether oxygens (including phenoxy) is 1. The van der Waals surface area contributed by atoms with E-state index < -0.39 is 5.97 Å². The lowest BCUT2D eigenvalue weighted by Crippen LogP contribution is -2.21. The molecule has 1 N–H and O–H groups in total. The van der Waals surface area contributed by atoms with Crippen molar-refractivity contribution in [3.8, 4) is 11.4 Å². The normalized spacial score (nSPS) is 11.0. The Bertz CT molecular complexity index is 930. The number of hydrogen-bond donors (Lipinski definition) is 1. The second-order valence-corrected chi connectivity index (χ2v) is 7.83. The summed E-state index contributed by atoms with van der Waals surface area (Å²) in [5.41, 5.74) is 1.22. The lowest BCUT2D eigenvalue weighted by Gasteiger charge is -2.05. The standard InChI is InChI=1S/C17H19N5O3S2/c1-4-25-17(24)12-7-13(10(2)3)27-16(12)18-14(23)8-22-20-15(19-21-22)11-5-6-26-9-11/h5-7,9-10H,4,8H2,1-3H3,(H,18,23). The zero-order chi connectivity index (χ0) is 19.4. The summed E-state index contributed by atoms with van der Waals surface area (Å²) in [6, 6.07) is 3.65. The molecule has 0 aliphatic carbocycles. The molecule has 0 saturated heterocycles. The van der Waals surface area contributed by atoms with Crippen LogP contribution in [0.15, 0.2) is 22.9 Å². The predicted octanol–water partition coefficient (Wildman–Crippen LogP) is 3.40. The first-order chi connectivity index (χ1) is 13.0. The fraction of sp³-hybridized carbons (Fsp3) is 0.353. The molecule has 8 nitrogen and oxygen atoms in total. The van der Waals surface area contributed by atoms with E-state index in [2.05, 4.69) is 20.7 Å². The first-order valence-corrected chi connectivity index (χ1v) is 10.1. The summed E-state index contributed by atoms with van der Waals surface area (Å²) in [5, 5.41) is 19.1. The SMILES string of the molecule is CCOC(=O)c1cc(C(C)C)sc1NC(=O)Cn1nnc(-c2ccsc2)n1. The van der Waals surface area contributed by atoms with E-state index in [4.69, 9.17) is 4.74 Å². The van der Waals surface area contributed by atoms with Crippen molar-refractivity contribution in [1.82, 2.24) is 20.2 Å². The van der Waals surface area contributed by atoms with E-state index in [1.807, 2.05) is 30.7 Å². The van der Waals surface area contributed by atoms with Gasteiger partial charge in [0.2, 0.25) is 11.7 Å². The van der Waals surface area contributed by atoms with Gasteiger partial charge in [0.15, 0.2) is 0 Å². The van der Waals surface area contributed by atoms with Gasteiger partial charge in [0.25, 0.3) is 0 Å². The number of anilines is 1. The summed E-state index contributed by atoms with van der Waals surface area (Å²) in [6.45, 7) is 5.96. The number of carbonyl (C=O) groups is 2. The summed E-state index contributed by atoms with van der Waals surface area (Å²) in [7, 11) is 0. The van der Waals surface area contributed by atoms with Crippen molar-refractivity contribution in [2.75, 3.05) is 11.9 Å². The first-order valence-electron chi connectivity index (χ1n) is 8.39. The van der Waals surface area contributed by atoms with E-state index in [0.29, 0.717) is 16.4 Å². The van der Waals surface area contributed by atoms with Gasteiger partial charge in [-0.25, -0.2) is 4.79 Å². The number of esters is 1. The number of rotatable bonds is 7. The van der Waals surface area contributed by atoms with Gasteiger partial charge < -0.3 is 10.1 Å². The van der Waals surface area contributed by atoms with Crippen LogP contribution in [0, 0.1) is 0 Å². The molecule has 0 atom stereocenters. The maximum atomic E-state index is 12.4. The zero-order valence-corrected chi connectivity index (χ0v) is 16.8. The number of amides is 1. The van der Waals surface area contributed by atoms with Gasteiger partial charge in [0.1, 0.15) is 11.5 Å². The number of carbonyl (C=O) groups excluding carboxylic acids is 2. The average molecular weight is 406 g/mol. The number of nitrogens with one attached hydrogen (secondary N) is 1. The maximum absolute atomic E-state index is 12.4. The minimum Gasteiger partial charge on any atom is -0.462 e. The number of thiophene rings is 2. The van der Waals surface area contributed by atoms with Gasteiger partial charge >= 0.3 is 5.97 Å². The van der Waals surface area contributed by atoms with Crippen molar-refractivity contribution in [2.45, 2.75) is 33.2 Å². The molecule has 27 heavy (non-hydrogen) atoms. The number of nitrogens with zero attached hydrogens (tertiary/aromatic N) is 4. The Morgan fingerprint density at radius 1 is 1.37 bits per heavy atom. The summed E-state index contributed by atoms with van der Waals surface area (Å²) < 4.78 is 5.08. The van der Waals surface area contributed by atoms with Crippen LogP contribution < -0.4 is 5.32 Å². The van der Waals surface area contributed by atoms with Crippen LogP contribution in [-0.2, 0) is 16.1 Å². The highest BCUT2D eigenvalue weighted by molar-refractivity contribution is 7.16. The van der Waals surface area contributed by atoms with Crippen LogP contribution in [-0.4, -0.2) is 38.7 Å². The van der Waals surface area contributed by atoms with Gasteiger partial charge in [-0.15, -0.1) is 21.5 Å². The quantitative estimate of drug-likeness (QED) is 0.605. The third kappa shape index (κ3) is 4.58. The maximum Gasteiger partial charge on any atom is 0.341 e. The molecular formula is C17H19N5O3S2. The van der Waals surface area contributed by atoms with Crippen molar-refractivity contribution in [3.63, 3.8) is 0 Å². The van der Waals surface area contributed by atoms with E-state index >= 15 is 0 Å². The largest absolute Gasteiger partial charge is 0.462 e. The molecule has 3 aromatic heterocycles. The summed E-state index contributed by atoms with van der Waals surface area (Å²) in [5.74, 6) is -0.0880. The van der Waals surface area contributed by atoms with Gasteiger partial charge in [-0.1, -0.05) is 13.8 Å². The first kappa shape index (κ1) is 19.2. The zero-order valence-electron chi connectivity index (χ0n) is 15.1. The Balaban J connectivity index is 1.72. The summed E-state index contributed by atoms with van der Waals surface area (Å²) in [6.07, 6.45) is 0. The lowest BCUT2D eigenvalue weighted by molar-refractivity contribution is -0.117. The highest BCUT2D eigenvalue weighted by atomic mass is 32.1. The number of aromatic nitrogens is 4. The van der Waals surface area contributed by atoms with Crippen LogP contribution in [0.1, 0.15) is 41.9 Å². The molecule has 1 amide bonds. The van der Waals surface area contributed by atoms with Crippen molar-refractivity contribution < 1.29 is 14.3 Å². The molecule has 3 heterocycles. The smallest absolute Gasteiger partial charge is 0.341 e. The van der Waals surface area contributed by atoms with Gasteiger partial charge in [-0.3, -0.25) is 4.79 Å². The Morgan fingerprint density at radius 3 is 2.85 bits per heavy atom. The molecule has 10 heteroatoms. The molecule has 0 spiro atoms. The molecule has 0 radical (unpaired) electrons. The molecule has 3 aromatic rings. The second-order valence-electron chi connectivity index (χ2n) is 5.97. The van der Waals surface area contributed by atoms with Crippen LogP contribution >= 0.6 is 22.7 Å². The molecule has 0 aliphatic rings. The molecule has 0 aliphatic heterocycles. The minimum atomic E-state index is -0.449. The summed E-state index contributed by atoms with van der Waals surface area (Å²) in [4.78, 5) is 26.8. The molecule has 0 aromatic carbocycles. The Hall–Kier alpha value is -2.59. The molecule has 0 unspecified atom stereocenters. The third-order valence-corrected chi connectivity index (χ3v) is 5.62. The molecular weight excluding hydrogens is 386 g/mol. The Labute approximate surface area is 164 Å². The van der Waals surface area contributed by atoms with Gasteiger partial charge in [-0.05, 0) is 35.6 Å². The van der Waals surface area contributed by atoms with E-state index in [9.17, 15) is 9.59 Å². The number of tetrazole rings is 1. The highest BCUT2D eigenvalue weighted by Gasteiger charge is 2.20. The van der Waals surface area contributed by atoms with Crippen LogP contribution in [0.5, 0.6) is 0 Å². The molecule has 0 fully saturated rings. The van der Waals surface area contributed by atoms with Crippen LogP contribution in [0.25, 0.3) is 11.4 Å². The van der Waals surface area contributed by atoms with E-state index in [-0.39, 0.29) is 25.0 Å². The highest BCUT2D eigenvalue weighted by Crippen LogP contribution is 2.33. The second kappa shape index (κ2) is 8.40. The fourth-order valence-corrected chi connectivity index (χ4v) is 3.96. The topological polar surface area (TPSA) is 99.0 Å². The molecule has 0 bridgehead atoms. The lowest BCUT2D eigenvalue weighted by atomic mass is 10.1. The van der Waals surface area contributed by atoms with E-state index in [0.717, 1.165) is 10.4 Å². The van der Waals surface area contributed by atoms with Crippen LogP contribution in [0.3, 0.4) is 0 Å². The summed E-state index contributed by atoms with van der Waals surface area (Å²) >= 11 is 2.90. The van der Waals surface area contributed by atoms with Gasteiger partial charge in [0, 0.05) is 15.8 Å². The Kier molecular flexibility index (Phi) is 5.97. The van der Waals surface area contributed by atoms with Crippen molar-refractivity contribution in [1.29, 1.82) is 0 Å². The van der Waals surface area contributed by atoms with Crippen LogP contribution in [0.4, 0.5) is 5.00 Å². The third-order valence-electron chi connectivity index (χ3n) is 3.59. The van der Waals surface area contributed by atoms with E-state index in [1.54, 1.807) is 13.0 Å². The van der Waals surface area contributed by atoms with Crippen molar-refractivity contribution >= 4 is 39.6 Å².